The van der Waals surface area contributed by atoms with Gasteiger partial charge >= 0.3 is 0 Å². The molecule has 2 heterocycles. The third kappa shape index (κ3) is 8.01. The minimum atomic E-state index is 0.366. The van der Waals surface area contributed by atoms with E-state index in [1.165, 1.54) is 32.1 Å². The molecule has 3 rings (SSSR count). The van der Waals surface area contributed by atoms with Crippen molar-refractivity contribution in [3.63, 3.8) is 0 Å². The van der Waals surface area contributed by atoms with Crippen LogP contribution < -0.4 is 5.32 Å². The van der Waals surface area contributed by atoms with E-state index in [1.807, 2.05) is 12.1 Å². The molecule has 1 aromatic rings. The van der Waals surface area contributed by atoms with Gasteiger partial charge in [0.2, 0.25) is 0 Å². The van der Waals surface area contributed by atoms with Crippen molar-refractivity contribution in [2.24, 2.45) is 10.9 Å². The van der Waals surface area contributed by atoms with E-state index in [0.717, 1.165) is 82.7 Å². The van der Waals surface area contributed by atoms with Crippen LogP contribution in [0.15, 0.2) is 27.8 Å². The Morgan fingerprint density at radius 2 is 2.00 bits per heavy atom. The molecular formula is C23H39N3O3. The average molecular weight is 406 g/mol. The molecule has 1 saturated carbocycles. The highest BCUT2D eigenvalue weighted by Crippen LogP contribution is 2.24. The zero-order valence-electron chi connectivity index (χ0n) is 18.1. The number of nitrogens with zero attached hydrogens (tertiary/aromatic N) is 2. The Bertz CT molecular complexity index is 562. The monoisotopic (exact) mass is 405 g/mol. The SMILES string of the molecule is COCCCOC1CCN(C(=NCC2CCCCC2)NCCc2ccco2)CC1. The molecule has 6 heteroatoms. The van der Waals surface area contributed by atoms with Gasteiger partial charge in [0, 0.05) is 52.9 Å². The number of guanidine groups is 1. The third-order valence-electron chi connectivity index (χ3n) is 6.05. The van der Waals surface area contributed by atoms with E-state index < -0.39 is 0 Å². The van der Waals surface area contributed by atoms with Crippen LogP contribution in [0.2, 0.25) is 0 Å². The summed E-state index contributed by atoms with van der Waals surface area (Å²) >= 11 is 0. The minimum Gasteiger partial charge on any atom is -0.469 e. The predicted octanol–water partition coefficient (Wildman–Crippen LogP) is 3.87. The average Bonchev–Trinajstić information content (AvgIpc) is 3.28. The van der Waals surface area contributed by atoms with Crippen LogP contribution in [-0.2, 0) is 15.9 Å². The lowest BCUT2D eigenvalue weighted by Gasteiger charge is -2.34. The molecule has 0 bridgehead atoms. The first-order valence-electron chi connectivity index (χ1n) is 11.5. The van der Waals surface area contributed by atoms with Crippen LogP contribution in [0.3, 0.4) is 0 Å². The van der Waals surface area contributed by atoms with E-state index in [-0.39, 0.29) is 0 Å². The highest BCUT2D eigenvalue weighted by atomic mass is 16.5. The second-order valence-corrected chi connectivity index (χ2v) is 8.33. The first-order valence-corrected chi connectivity index (χ1v) is 11.5. The summed E-state index contributed by atoms with van der Waals surface area (Å²) in [4.78, 5) is 7.46. The van der Waals surface area contributed by atoms with Crippen molar-refractivity contribution in [3.05, 3.63) is 24.2 Å². The molecule has 1 aromatic heterocycles. The Kier molecular flexibility index (Phi) is 9.87. The first kappa shape index (κ1) is 22.2. The fraction of sp³-hybridized carbons (Fsp3) is 0.783. The number of hydrogen-bond acceptors (Lipinski definition) is 4. The van der Waals surface area contributed by atoms with Crippen molar-refractivity contribution in [2.75, 3.05) is 46.5 Å². The van der Waals surface area contributed by atoms with Crippen molar-refractivity contribution in [3.8, 4) is 0 Å². The van der Waals surface area contributed by atoms with Gasteiger partial charge < -0.3 is 24.1 Å². The van der Waals surface area contributed by atoms with Crippen LogP contribution in [0.5, 0.6) is 0 Å². The van der Waals surface area contributed by atoms with Crippen molar-refractivity contribution >= 4 is 5.96 Å². The number of nitrogens with one attached hydrogen (secondary N) is 1. The molecule has 0 spiro atoms. The molecule has 0 aromatic carbocycles. The van der Waals surface area contributed by atoms with E-state index in [2.05, 4.69) is 10.2 Å². The van der Waals surface area contributed by atoms with Gasteiger partial charge in [-0.05, 0) is 50.2 Å². The maximum Gasteiger partial charge on any atom is 0.193 e. The molecule has 1 saturated heterocycles. The molecule has 2 aliphatic rings. The molecule has 0 amide bonds. The Labute approximate surface area is 176 Å². The van der Waals surface area contributed by atoms with Crippen LogP contribution >= 0.6 is 0 Å². The van der Waals surface area contributed by atoms with Crippen molar-refractivity contribution in [1.82, 2.24) is 10.2 Å². The number of furan rings is 1. The second kappa shape index (κ2) is 12.9. The molecule has 0 radical (unpaired) electrons. The summed E-state index contributed by atoms with van der Waals surface area (Å²) in [5.41, 5.74) is 0. The Morgan fingerprint density at radius 1 is 1.17 bits per heavy atom. The summed E-state index contributed by atoms with van der Waals surface area (Å²) in [6, 6.07) is 3.98. The number of aliphatic imine (C=N–C) groups is 1. The topological polar surface area (TPSA) is 59.2 Å². The lowest BCUT2D eigenvalue weighted by atomic mass is 9.89. The predicted molar refractivity (Wildman–Crippen MR) is 116 cm³/mol. The van der Waals surface area contributed by atoms with Gasteiger partial charge in [-0.3, -0.25) is 4.99 Å². The molecule has 1 N–H and O–H groups in total. The van der Waals surface area contributed by atoms with Crippen LogP contribution in [0.1, 0.15) is 57.1 Å². The van der Waals surface area contributed by atoms with Crippen molar-refractivity contribution in [2.45, 2.75) is 63.9 Å². The Morgan fingerprint density at radius 3 is 2.72 bits per heavy atom. The quantitative estimate of drug-likeness (QED) is 0.364. The molecule has 0 unspecified atom stereocenters. The molecule has 6 nitrogen and oxygen atoms in total. The zero-order valence-corrected chi connectivity index (χ0v) is 18.1. The standard InChI is InChI=1S/C23H39N3O3/c1-27-16-6-18-29-22-11-14-26(15-12-22)23(24-13-10-21-9-5-17-28-21)25-19-20-7-3-2-4-8-20/h5,9,17,20,22H,2-4,6-8,10-16,18-19H2,1H3,(H,24,25). The summed E-state index contributed by atoms with van der Waals surface area (Å²) in [5.74, 6) is 2.85. The van der Waals surface area contributed by atoms with E-state index in [0.29, 0.717) is 6.10 Å². The summed E-state index contributed by atoms with van der Waals surface area (Å²) in [5, 5.41) is 3.60. The Hall–Kier alpha value is -1.53. The molecule has 2 fully saturated rings. The highest BCUT2D eigenvalue weighted by Gasteiger charge is 2.22. The largest absolute Gasteiger partial charge is 0.469 e. The van der Waals surface area contributed by atoms with E-state index in [1.54, 1.807) is 13.4 Å². The van der Waals surface area contributed by atoms with Gasteiger partial charge in [-0.15, -0.1) is 0 Å². The number of piperidine rings is 1. The van der Waals surface area contributed by atoms with Gasteiger partial charge in [-0.2, -0.15) is 0 Å². The smallest absolute Gasteiger partial charge is 0.193 e. The summed E-state index contributed by atoms with van der Waals surface area (Å²) in [6.07, 6.45) is 12.9. The van der Waals surface area contributed by atoms with Gasteiger partial charge in [0.25, 0.3) is 0 Å². The first-order chi connectivity index (χ1) is 14.3. The van der Waals surface area contributed by atoms with Crippen molar-refractivity contribution in [1.29, 1.82) is 0 Å². The number of rotatable bonds is 10. The van der Waals surface area contributed by atoms with Crippen LogP contribution in [0.25, 0.3) is 0 Å². The normalized spacial score (nSPS) is 19.6. The number of ether oxygens (including phenoxy) is 2. The molecule has 29 heavy (non-hydrogen) atoms. The molecule has 1 aliphatic carbocycles. The fourth-order valence-corrected chi connectivity index (χ4v) is 4.29. The van der Waals surface area contributed by atoms with Crippen LogP contribution in [0.4, 0.5) is 0 Å². The third-order valence-corrected chi connectivity index (χ3v) is 6.05. The van der Waals surface area contributed by atoms with E-state index >= 15 is 0 Å². The van der Waals surface area contributed by atoms with Gasteiger partial charge in [0.05, 0.1) is 12.4 Å². The molecular weight excluding hydrogens is 366 g/mol. The molecule has 0 atom stereocenters. The van der Waals surface area contributed by atoms with Crippen LogP contribution in [0, 0.1) is 5.92 Å². The fourth-order valence-electron chi connectivity index (χ4n) is 4.29. The highest BCUT2D eigenvalue weighted by molar-refractivity contribution is 5.80. The molecule has 164 valence electrons. The number of hydrogen-bond donors (Lipinski definition) is 1. The summed E-state index contributed by atoms with van der Waals surface area (Å²) in [7, 11) is 1.74. The Balaban J connectivity index is 1.47. The van der Waals surface area contributed by atoms with Crippen LogP contribution in [-0.4, -0.2) is 63.5 Å². The van der Waals surface area contributed by atoms with Gasteiger partial charge in [0.15, 0.2) is 5.96 Å². The van der Waals surface area contributed by atoms with Crippen molar-refractivity contribution < 1.29 is 13.9 Å². The second-order valence-electron chi connectivity index (χ2n) is 8.33. The number of likely N-dealkylation sites (tertiary alicyclic amines) is 1. The summed E-state index contributed by atoms with van der Waals surface area (Å²) < 4.78 is 16.6. The maximum absolute atomic E-state index is 6.02. The van der Waals surface area contributed by atoms with Gasteiger partial charge in [-0.25, -0.2) is 0 Å². The van der Waals surface area contributed by atoms with E-state index in [4.69, 9.17) is 18.9 Å². The maximum atomic E-state index is 6.02. The molecule has 1 aliphatic heterocycles. The van der Waals surface area contributed by atoms with E-state index in [9.17, 15) is 0 Å². The minimum absolute atomic E-state index is 0.366. The lowest BCUT2D eigenvalue weighted by Crippen LogP contribution is -2.47. The van der Waals surface area contributed by atoms with Gasteiger partial charge in [-0.1, -0.05) is 19.3 Å². The van der Waals surface area contributed by atoms with Gasteiger partial charge in [0.1, 0.15) is 5.76 Å². The lowest BCUT2D eigenvalue weighted by molar-refractivity contribution is 0.00988. The summed E-state index contributed by atoms with van der Waals surface area (Å²) in [6.45, 7) is 5.39. The zero-order chi connectivity index (χ0) is 20.2. The number of methoxy groups -OCH3 is 1.